The standard InChI is InChI=1S/C14H23N3O3S/c1-4-11-10-15-13-9-12(5-6-14(13)20-11)21(18,19)16-7-8-17(2)3/h5-6,9,11,15-16H,4,7-8,10H2,1-3H3. The minimum absolute atomic E-state index is 0.137. The number of ether oxygens (including phenoxy) is 1. The fourth-order valence-electron chi connectivity index (χ4n) is 2.08. The topological polar surface area (TPSA) is 70.7 Å². The van der Waals surface area contributed by atoms with Crippen molar-refractivity contribution in [2.24, 2.45) is 0 Å². The van der Waals surface area contributed by atoms with Gasteiger partial charge in [-0.15, -0.1) is 0 Å². The van der Waals surface area contributed by atoms with Gasteiger partial charge in [0.25, 0.3) is 0 Å². The lowest BCUT2D eigenvalue weighted by Gasteiger charge is -2.27. The molecule has 6 nitrogen and oxygen atoms in total. The molecule has 1 aliphatic rings. The van der Waals surface area contributed by atoms with E-state index >= 15 is 0 Å². The van der Waals surface area contributed by atoms with Crippen molar-refractivity contribution < 1.29 is 13.2 Å². The summed E-state index contributed by atoms with van der Waals surface area (Å²) in [5.74, 6) is 0.709. The highest BCUT2D eigenvalue weighted by atomic mass is 32.2. The fraction of sp³-hybridized carbons (Fsp3) is 0.571. The van der Waals surface area contributed by atoms with Gasteiger partial charge in [0.2, 0.25) is 10.0 Å². The van der Waals surface area contributed by atoms with Crippen molar-refractivity contribution >= 4 is 15.7 Å². The van der Waals surface area contributed by atoms with Crippen LogP contribution in [0.1, 0.15) is 13.3 Å². The molecule has 0 spiro atoms. The number of likely N-dealkylation sites (N-methyl/N-ethyl adjacent to an activating group) is 1. The van der Waals surface area contributed by atoms with E-state index in [1.807, 2.05) is 19.0 Å². The van der Waals surface area contributed by atoms with Crippen LogP contribution in [0.25, 0.3) is 0 Å². The molecule has 0 radical (unpaired) electrons. The lowest BCUT2D eigenvalue weighted by Crippen LogP contribution is -2.32. The number of rotatable bonds is 6. The molecule has 1 aliphatic heterocycles. The predicted molar refractivity (Wildman–Crippen MR) is 83.4 cm³/mol. The Hall–Kier alpha value is -1.31. The maximum atomic E-state index is 12.2. The first-order valence-electron chi connectivity index (χ1n) is 7.11. The number of nitrogens with one attached hydrogen (secondary N) is 2. The van der Waals surface area contributed by atoms with Crippen LogP contribution in [0.5, 0.6) is 5.75 Å². The molecule has 1 heterocycles. The van der Waals surface area contributed by atoms with Gasteiger partial charge >= 0.3 is 0 Å². The van der Waals surface area contributed by atoms with Gasteiger partial charge in [0.1, 0.15) is 11.9 Å². The Bertz CT molecular complexity index is 587. The second kappa shape index (κ2) is 6.64. The largest absolute Gasteiger partial charge is 0.486 e. The Labute approximate surface area is 126 Å². The molecule has 0 bridgehead atoms. The second-order valence-electron chi connectivity index (χ2n) is 5.39. The third kappa shape index (κ3) is 4.09. The van der Waals surface area contributed by atoms with Crippen molar-refractivity contribution in [1.29, 1.82) is 0 Å². The van der Waals surface area contributed by atoms with Gasteiger partial charge in [-0.3, -0.25) is 0 Å². The maximum Gasteiger partial charge on any atom is 0.240 e. The lowest BCUT2D eigenvalue weighted by atomic mass is 10.2. The Morgan fingerprint density at radius 2 is 2.19 bits per heavy atom. The normalized spacial score (nSPS) is 18.0. The summed E-state index contributed by atoms with van der Waals surface area (Å²) in [6.45, 7) is 3.80. The van der Waals surface area contributed by atoms with Crippen LogP contribution >= 0.6 is 0 Å². The van der Waals surface area contributed by atoms with Gasteiger partial charge in [-0.05, 0) is 38.7 Å². The number of hydrogen-bond donors (Lipinski definition) is 2. The smallest absolute Gasteiger partial charge is 0.240 e. The zero-order chi connectivity index (χ0) is 15.5. The fourth-order valence-corrected chi connectivity index (χ4v) is 3.12. The molecule has 1 aromatic rings. The Morgan fingerprint density at radius 1 is 1.43 bits per heavy atom. The molecule has 1 aromatic carbocycles. The predicted octanol–water partition coefficient (Wildman–Crippen LogP) is 1.11. The highest BCUT2D eigenvalue weighted by Gasteiger charge is 2.21. The highest BCUT2D eigenvalue weighted by Crippen LogP contribution is 2.31. The van der Waals surface area contributed by atoms with Crippen molar-refractivity contribution in [3.05, 3.63) is 18.2 Å². The van der Waals surface area contributed by atoms with Crippen LogP contribution in [0.3, 0.4) is 0 Å². The third-order valence-electron chi connectivity index (χ3n) is 3.38. The SMILES string of the molecule is CCC1CNc2cc(S(=O)(=O)NCCN(C)C)ccc2O1. The summed E-state index contributed by atoms with van der Waals surface area (Å²) in [6.07, 6.45) is 1.05. The molecule has 0 saturated heterocycles. The molecule has 0 saturated carbocycles. The molecule has 0 amide bonds. The number of hydrogen-bond acceptors (Lipinski definition) is 5. The Morgan fingerprint density at radius 3 is 2.86 bits per heavy atom. The monoisotopic (exact) mass is 313 g/mol. The Kier molecular flexibility index (Phi) is 5.08. The van der Waals surface area contributed by atoms with Gasteiger partial charge in [-0.2, -0.15) is 0 Å². The molecule has 0 aromatic heterocycles. The lowest BCUT2D eigenvalue weighted by molar-refractivity contribution is 0.201. The van der Waals surface area contributed by atoms with Crippen LogP contribution in [0.4, 0.5) is 5.69 Å². The Balaban J connectivity index is 2.11. The van der Waals surface area contributed by atoms with Crippen LogP contribution in [0, 0.1) is 0 Å². The van der Waals surface area contributed by atoms with Crippen molar-refractivity contribution in [1.82, 2.24) is 9.62 Å². The molecule has 0 aliphatic carbocycles. The summed E-state index contributed by atoms with van der Waals surface area (Å²) >= 11 is 0. The zero-order valence-corrected chi connectivity index (χ0v) is 13.5. The van der Waals surface area contributed by atoms with Crippen molar-refractivity contribution in [2.45, 2.75) is 24.3 Å². The van der Waals surface area contributed by atoms with Gasteiger partial charge in [0.15, 0.2) is 0 Å². The first-order valence-corrected chi connectivity index (χ1v) is 8.59. The summed E-state index contributed by atoms with van der Waals surface area (Å²) in [5.41, 5.74) is 0.732. The van der Waals surface area contributed by atoms with Gasteiger partial charge in [-0.25, -0.2) is 13.1 Å². The number of sulfonamides is 1. The molecule has 2 N–H and O–H groups in total. The van der Waals surface area contributed by atoms with Crippen LogP contribution in [0.2, 0.25) is 0 Å². The maximum absolute atomic E-state index is 12.2. The van der Waals surface area contributed by atoms with E-state index < -0.39 is 10.0 Å². The van der Waals surface area contributed by atoms with Gasteiger partial charge in [0, 0.05) is 13.1 Å². The number of nitrogens with zero attached hydrogens (tertiary/aromatic N) is 1. The van der Waals surface area contributed by atoms with E-state index in [1.54, 1.807) is 18.2 Å². The number of fused-ring (bicyclic) bond motifs is 1. The first kappa shape index (κ1) is 16.1. The second-order valence-corrected chi connectivity index (χ2v) is 7.15. The quantitative estimate of drug-likeness (QED) is 0.823. The summed E-state index contributed by atoms with van der Waals surface area (Å²) in [4.78, 5) is 2.18. The molecule has 1 unspecified atom stereocenters. The van der Waals surface area contributed by atoms with Crippen LogP contribution < -0.4 is 14.8 Å². The van der Waals surface area contributed by atoms with E-state index in [0.29, 0.717) is 25.4 Å². The van der Waals surface area contributed by atoms with E-state index in [9.17, 15) is 8.42 Å². The van der Waals surface area contributed by atoms with Gasteiger partial charge < -0.3 is 15.0 Å². The first-order chi connectivity index (χ1) is 9.92. The molecule has 118 valence electrons. The molecule has 21 heavy (non-hydrogen) atoms. The van der Waals surface area contributed by atoms with Crippen LogP contribution in [-0.4, -0.2) is 53.2 Å². The molecular weight excluding hydrogens is 290 g/mol. The van der Waals surface area contributed by atoms with E-state index in [1.165, 1.54) is 0 Å². The van der Waals surface area contributed by atoms with Crippen LogP contribution in [-0.2, 0) is 10.0 Å². The highest BCUT2D eigenvalue weighted by molar-refractivity contribution is 7.89. The summed E-state index contributed by atoms with van der Waals surface area (Å²) in [6, 6.07) is 4.92. The van der Waals surface area contributed by atoms with E-state index in [-0.39, 0.29) is 11.0 Å². The van der Waals surface area contributed by atoms with Gasteiger partial charge in [-0.1, -0.05) is 6.92 Å². The van der Waals surface area contributed by atoms with Crippen LogP contribution in [0.15, 0.2) is 23.1 Å². The minimum atomic E-state index is -3.48. The van der Waals surface area contributed by atoms with Crippen molar-refractivity contribution in [3.8, 4) is 5.75 Å². The number of anilines is 1. The average Bonchev–Trinajstić information content (AvgIpc) is 2.45. The van der Waals surface area contributed by atoms with E-state index in [2.05, 4.69) is 17.0 Å². The summed E-state index contributed by atoms with van der Waals surface area (Å²) in [7, 11) is 0.322. The van der Waals surface area contributed by atoms with E-state index in [0.717, 1.165) is 12.1 Å². The van der Waals surface area contributed by atoms with E-state index in [4.69, 9.17) is 4.74 Å². The molecule has 0 fully saturated rings. The molecule has 7 heteroatoms. The minimum Gasteiger partial charge on any atom is -0.486 e. The summed E-state index contributed by atoms with van der Waals surface area (Å²) < 4.78 is 32.8. The molecule has 1 atom stereocenters. The zero-order valence-electron chi connectivity index (χ0n) is 12.7. The van der Waals surface area contributed by atoms with Crippen molar-refractivity contribution in [3.63, 3.8) is 0 Å². The molecule has 2 rings (SSSR count). The van der Waals surface area contributed by atoms with Gasteiger partial charge in [0.05, 0.1) is 17.1 Å². The third-order valence-corrected chi connectivity index (χ3v) is 4.84. The summed E-state index contributed by atoms with van der Waals surface area (Å²) in [5, 5.41) is 3.22. The molecular formula is C14H23N3O3S. The average molecular weight is 313 g/mol. The van der Waals surface area contributed by atoms with Crippen molar-refractivity contribution in [2.75, 3.05) is 39.0 Å². The number of benzene rings is 1.